The maximum Gasteiger partial charge on any atom is 0.152 e. The van der Waals surface area contributed by atoms with Gasteiger partial charge in [0.2, 0.25) is 0 Å². The van der Waals surface area contributed by atoms with Crippen molar-refractivity contribution in [1.29, 1.82) is 0 Å². The average Bonchev–Trinajstić information content (AvgIpc) is 2.59. The number of nitrogens with zero attached hydrogens (tertiary/aromatic N) is 3. The normalized spacial score (nSPS) is 15.3. The van der Waals surface area contributed by atoms with Crippen LogP contribution in [-0.2, 0) is 4.74 Å². The number of para-hydroxylation sites is 2. The maximum atomic E-state index is 6.09. The fourth-order valence-electron chi connectivity index (χ4n) is 2.34. The van der Waals surface area contributed by atoms with Gasteiger partial charge in [-0.15, -0.1) is 0 Å². The van der Waals surface area contributed by atoms with Gasteiger partial charge in [0.25, 0.3) is 0 Å². The van der Waals surface area contributed by atoms with Crippen molar-refractivity contribution < 1.29 is 9.47 Å². The third-order valence-corrected chi connectivity index (χ3v) is 3.85. The minimum absolute atomic E-state index is 0.468. The van der Waals surface area contributed by atoms with Gasteiger partial charge in [-0.25, -0.2) is 9.97 Å². The van der Waals surface area contributed by atoms with Gasteiger partial charge in [0.15, 0.2) is 5.82 Å². The number of hydrogen-bond acceptors (Lipinski definition) is 6. The number of anilines is 2. The Kier molecular flexibility index (Phi) is 5.63. The van der Waals surface area contributed by atoms with E-state index in [0.29, 0.717) is 17.4 Å². The molecule has 0 atom stereocenters. The Morgan fingerprint density at radius 3 is 2.91 bits per heavy atom. The number of nitrogens with one attached hydrogen (secondary N) is 1. The van der Waals surface area contributed by atoms with E-state index >= 15 is 0 Å². The Hall–Kier alpha value is -1.89. The summed E-state index contributed by atoms with van der Waals surface area (Å²) >= 11 is 6.09. The molecule has 1 aromatic carbocycles. The van der Waals surface area contributed by atoms with Crippen molar-refractivity contribution in [3.8, 4) is 5.75 Å². The van der Waals surface area contributed by atoms with Crippen LogP contribution in [-0.4, -0.2) is 54.3 Å². The Bertz CT molecular complexity index is 635. The smallest absolute Gasteiger partial charge is 0.152 e. The van der Waals surface area contributed by atoms with E-state index in [2.05, 4.69) is 20.2 Å². The van der Waals surface area contributed by atoms with Crippen molar-refractivity contribution >= 4 is 23.1 Å². The molecule has 23 heavy (non-hydrogen) atoms. The predicted molar refractivity (Wildman–Crippen MR) is 89.5 cm³/mol. The summed E-state index contributed by atoms with van der Waals surface area (Å²) in [6.45, 7) is 5.01. The van der Waals surface area contributed by atoms with Gasteiger partial charge in [0.05, 0.1) is 25.1 Å². The highest BCUT2D eigenvalue weighted by Gasteiger charge is 2.11. The van der Waals surface area contributed by atoms with Gasteiger partial charge < -0.3 is 14.8 Å². The molecule has 1 N–H and O–H groups in total. The second kappa shape index (κ2) is 8.10. The summed E-state index contributed by atoms with van der Waals surface area (Å²) in [5.41, 5.74) is 0.829. The number of ether oxygens (including phenoxy) is 2. The summed E-state index contributed by atoms with van der Waals surface area (Å²) in [5.74, 6) is 1.33. The first-order valence-corrected chi connectivity index (χ1v) is 7.95. The molecule has 1 aliphatic rings. The van der Waals surface area contributed by atoms with Gasteiger partial charge in [0.1, 0.15) is 23.7 Å². The molecule has 7 heteroatoms. The highest BCUT2D eigenvalue weighted by Crippen LogP contribution is 2.29. The molecule has 2 aromatic rings. The summed E-state index contributed by atoms with van der Waals surface area (Å²) in [6.07, 6.45) is 3.01. The van der Waals surface area contributed by atoms with Crippen LogP contribution in [0.3, 0.4) is 0 Å². The largest absolute Gasteiger partial charge is 0.490 e. The lowest BCUT2D eigenvalue weighted by Crippen LogP contribution is -2.38. The van der Waals surface area contributed by atoms with Crippen LogP contribution in [0, 0.1) is 0 Å². The topological polar surface area (TPSA) is 59.5 Å². The lowest BCUT2D eigenvalue weighted by molar-refractivity contribution is 0.0323. The number of hydrogen-bond donors (Lipinski definition) is 1. The molecule has 2 heterocycles. The standard InChI is InChI=1S/C16H19ClN4O2/c17-13-11-18-12-19-16(13)20-14-3-1-2-4-15(14)23-10-7-21-5-8-22-9-6-21/h1-4,11-12H,5-10H2,(H,18,19,20). The predicted octanol–water partition coefficient (Wildman–Crippen LogP) is 2.58. The molecule has 1 aromatic heterocycles. The second-order valence-corrected chi connectivity index (χ2v) is 5.55. The van der Waals surface area contributed by atoms with Gasteiger partial charge >= 0.3 is 0 Å². The van der Waals surface area contributed by atoms with E-state index < -0.39 is 0 Å². The molecule has 6 nitrogen and oxygen atoms in total. The Labute approximate surface area is 140 Å². The van der Waals surface area contributed by atoms with Gasteiger partial charge in [-0.05, 0) is 12.1 Å². The minimum Gasteiger partial charge on any atom is -0.490 e. The molecule has 0 spiro atoms. The molecule has 3 rings (SSSR count). The molecule has 1 aliphatic heterocycles. The van der Waals surface area contributed by atoms with Crippen molar-refractivity contribution in [2.75, 3.05) is 44.8 Å². The van der Waals surface area contributed by atoms with E-state index in [0.717, 1.165) is 44.3 Å². The van der Waals surface area contributed by atoms with Crippen LogP contribution in [0.25, 0.3) is 0 Å². The summed E-state index contributed by atoms with van der Waals surface area (Å²) in [4.78, 5) is 10.4. The third kappa shape index (κ3) is 4.54. The summed E-state index contributed by atoms with van der Waals surface area (Å²) < 4.78 is 11.3. The van der Waals surface area contributed by atoms with Crippen LogP contribution in [0.2, 0.25) is 5.02 Å². The van der Waals surface area contributed by atoms with E-state index in [-0.39, 0.29) is 0 Å². The van der Waals surface area contributed by atoms with Gasteiger partial charge in [0, 0.05) is 19.6 Å². The summed E-state index contributed by atoms with van der Waals surface area (Å²) in [5, 5.41) is 3.66. The number of halogens is 1. The molecule has 0 bridgehead atoms. The van der Waals surface area contributed by atoms with E-state index in [9.17, 15) is 0 Å². The van der Waals surface area contributed by atoms with Crippen LogP contribution in [0.15, 0.2) is 36.8 Å². The monoisotopic (exact) mass is 334 g/mol. The minimum atomic E-state index is 0.468. The molecular formula is C16H19ClN4O2. The van der Waals surface area contributed by atoms with Crippen LogP contribution >= 0.6 is 11.6 Å². The van der Waals surface area contributed by atoms with E-state index in [1.54, 1.807) is 6.20 Å². The second-order valence-electron chi connectivity index (χ2n) is 5.14. The van der Waals surface area contributed by atoms with Crippen LogP contribution < -0.4 is 10.1 Å². The molecule has 122 valence electrons. The van der Waals surface area contributed by atoms with Crippen molar-refractivity contribution in [1.82, 2.24) is 14.9 Å². The van der Waals surface area contributed by atoms with Crippen molar-refractivity contribution in [3.63, 3.8) is 0 Å². The number of aromatic nitrogens is 2. The highest BCUT2D eigenvalue weighted by atomic mass is 35.5. The zero-order valence-corrected chi connectivity index (χ0v) is 13.5. The third-order valence-electron chi connectivity index (χ3n) is 3.58. The lowest BCUT2D eigenvalue weighted by Gasteiger charge is -2.26. The maximum absolute atomic E-state index is 6.09. The molecule has 0 amide bonds. The van der Waals surface area contributed by atoms with Crippen molar-refractivity contribution in [2.45, 2.75) is 0 Å². The Balaban J connectivity index is 1.60. The van der Waals surface area contributed by atoms with Crippen LogP contribution in [0.5, 0.6) is 5.75 Å². The van der Waals surface area contributed by atoms with Gasteiger partial charge in [-0.3, -0.25) is 4.90 Å². The quantitative estimate of drug-likeness (QED) is 0.876. The molecule has 1 fully saturated rings. The van der Waals surface area contributed by atoms with Crippen LogP contribution in [0.1, 0.15) is 0 Å². The summed E-state index contributed by atoms with van der Waals surface area (Å²) in [7, 11) is 0. The lowest BCUT2D eigenvalue weighted by atomic mass is 10.3. The van der Waals surface area contributed by atoms with Gasteiger partial charge in [-0.2, -0.15) is 0 Å². The Morgan fingerprint density at radius 1 is 1.26 bits per heavy atom. The zero-order valence-electron chi connectivity index (χ0n) is 12.7. The average molecular weight is 335 g/mol. The molecule has 0 saturated carbocycles. The molecule has 1 saturated heterocycles. The number of rotatable bonds is 6. The SMILES string of the molecule is Clc1cncnc1Nc1ccccc1OCCN1CCOCC1. The van der Waals surface area contributed by atoms with E-state index in [1.807, 2.05) is 24.3 Å². The molecule has 0 radical (unpaired) electrons. The van der Waals surface area contributed by atoms with Gasteiger partial charge in [-0.1, -0.05) is 23.7 Å². The number of morpholine rings is 1. The van der Waals surface area contributed by atoms with E-state index in [4.69, 9.17) is 21.1 Å². The summed E-state index contributed by atoms with van der Waals surface area (Å²) in [6, 6.07) is 7.74. The highest BCUT2D eigenvalue weighted by molar-refractivity contribution is 6.32. The van der Waals surface area contributed by atoms with Crippen molar-refractivity contribution in [3.05, 3.63) is 41.8 Å². The fourth-order valence-corrected chi connectivity index (χ4v) is 2.49. The first-order chi connectivity index (χ1) is 11.3. The number of benzene rings is 1. The van der Waals surface area contributed by atoms with Crippen LogP contribution in [0.4, 0.5) is 11.5 Å². The van der Waals surface area contributed by atoms with Crippen molar-refractivity contribution in [2.24, 2.45) is 0 Å². The zero-order chi connectivity index (χ0) is 15.9. The first kappa shape index (κ1) is 16.0. The fraction of sp³-hybridized carbons (Fsp3) is 0.375. The molecular weight excluding hydrogens is 316 g/mol. The molecule has 0 unspecified atom stereocenters. The Morgan fingerprint density at radius 2 is 2.09 bits per heavy atom. The molecule has 0 aliphatic carbocycles. The van der Waals surface area contributed by atoms with E-state index in [1.165, 1.54) is 6.33 Å². The first-order valence-electron chi connectivity index (χ1n) is 7.57.